The third-order valence-corrected chi connectivity index (χ3v) is 3.96. The second kappa shape index (κ2) is 6.35. The number of halogens is 10. The maximum Gasteiger partial charge on any atom is 0.511 e. The minimum absolute atomic E-state index is 1.56. The van der Waals surface area contributed by atoms with E-state index >= 15 is 0 Å². The minimum Gasteiger partial charge on any atom is -0.334 e. The Bertz CT molecular complexity index is 910. The van der Waals surface area contributed by atoms with Gasteiger partial charge in [-0.15, -0.1) is 0 Å². The topological polar surface area (TPSA) is 36.9 Å². The average Bonchev–Trinajstić information content (AvgIpc) is 2.63. The molecule has 4 rings (SSSR count). The highest BCUT2D eigenvalue weighted by molar-refractivity contribution is 6.66. The van der Waals surface area contributed by atoms with Crippen molar-refractivity contribution in [3.05, 3.63) is 58.2 Å². The molecule has 2 aromatic carbocycles. The first-order valence-electron chi connectivity index (χ1n) is 7.23. The standard InChI is InChI=1S/C13B2F10O4/c16-3-1(4(17)8(21)11(24)7(3)20)14-26-13(27-14)28-15(29-13)2-5(18)9(22)12(25)10(23)6(2)19. The number of hydrogen-bond acceptors (Lipinski definition) is 4. The van der Waals surface area contributed by atoms with E-state index in [0.29, 0.717) is 0 Å². The molecule has 0 radical (unpaired) electrons. The van der Waals surface area contributed by atoms with Gasteiger partial charge in [-0.1, -0.05) is 0 Å². The van der Waals surface area contributed by atoms with E-state index in [1.807, 2.05) is 0 Å². The second-order valence-electron chi connectivity index (χ2n) is 5.60. The molecule has 0 atom stereocenters. The maximum atomic E-state index is 13.6. The summed E-state index contributed by atoms with van der Waals surface area (Å²) < 4.78 is 152. The van der Waals surface area contributed by atoms with Crippen molar-refractivity contribution in [2.24, 2.45) is 0 Å². The van der Waals surface area contributed by atoms with Gasteiger partial charge in [0.15, 0.2) is 58.2 Å². The number of rotatable bonds is 2. The maximum absolute atomic E-state index is 13.6. The lowest BCUT2D eigenvalue weighted by atomic mass is 9.72. The highest BCUT2D eigenvalue weighted by atomic mass is 19.2. The van der Waals surface area contributed by atoms with Crippen molar-refractivity contribution in [2.75, 3.05) is 0 Å². The molecule has 4 nitrogen and oxygen atoms in total. The fourth-order valence-electron chi connectivity index (χ4n) is 2.55. The lowest BCUT2D eigenvalue weighted by molar-refractivity contribution is -0.488. The third kappa shape index (κ3) is 2.66. The zero-order chi connectivity index (χ0) is 21.4. The molecule has 0 unspecified atom stereocenters. The molecule has 2 aliphatic heterocycles. The average molecular weight is 432 g/mol. The van der Waals surface area contributed by atoms with Crippen molar-refractivity contribution in [1.82, 2.24) is 0 Å². The smallest absolute Gasteiger partial charge is 0.334 e. The Labute approximate surface area is 153 Å². The van der Waals surface area contributed by atoms with Crippen LogP contribution in [0.3, 0.4) is 0 Å². The van der Waals surface area contributed by atoms with Gasteiger partial charge in [0.05, 0.1) is 10.9 Å². The first-order chi connectivity index (χ1) is 13.5. The van der Waals surface area contributed by atoms with Crippen LogP contribution in [0.15, 0.2) is 0 Å². The Morgan fingerprint density at radius 2 is 0.586 bits per heavy atom. The zero-order valence-corrected chi connectivity index (χ0v) is 13.1. The summed E-state index contributed by atoms with van der Waals surface area (Å²) in [5.41, 5.74) is -3.11. The van der Waals surface area contributed by atoms with Crippen LogP contribution in [-0.2, 0) is 18.6 Å². The van der Waals surface area contributed by atoms with Crippen molar-refractivity contribution in [2.45, 2.75) is 6.16 Å². The molecule has 152 valence electrons. The summed E-state index contributed by atoms with van der Waals surface area (Å²) in [5.74, 6) is -23.3. The van der Waals surface area contributed by atoms with Crippen molar-refractivity contribution in [3.63, 3.8) is 0 Å². The number of hydrogen-bond donors (Lipinski definition) is 0. The number of benzene rings is 2. The van der Waals surface area contributed by atoms with E-state index in [0.717, 1.165) is 0 Å². The highest BCUT2D eigenvalue weighted by Crippen LogP contribution is 2.39. The van der Waals surface area contributed by atoms with Crippen LogP contribution in [0, 0.1) is 58.2 Å². The van der Waals surface area contributed by atoms with E-state index in [1.54, 1.807) is 0 Å². The Balaban J connectivity index is 1.55. The fourth-order valence-corrected chi connectivity index (χ4v) is 2.55. The molecule has 0 amide bonds. The SMILES string of the molecule is Fc1c(F)c(F)c(B2OC3(O2)OB(c2c(F)c(F)c(F)c(F)c2F)O3)c(F)c1F. The molecule has 16 heteroatoms. The molecular formula is C13B2F10O4. The molecule has 29 heavy (non-hydrogen) atoms. The van der Waals surface area contributed by atoms with Crippen LogP contribution in [0.1, 0.15) is 0 Å². The van der Waals surface area contributed by atoms with Gasteiger partial charge in [-0.2, -0.15) is 0 Å². The van der Waals surface area contributed by atoms with Crippen molar-refractivity contribution in [1.29, 1.82) is 0 Å². The monoisotopic (exact) mass is 432 g/mol. The predicted octanol–water partition coefficient (Wildman–Crippen LogP) is 1.87. The quantitative estimate of drug-likeness (QED) is 0.315. The van der Waals surface area contributed by atoms with E-state index in [1.165, 1.54) is 0 Å². The normalized spacial score (nSPS) is 17.6. The fraction of sp³-hybridized carbons (Fsp3) is 0.0769. The molecule has 2 heterocycles. The molecule has 2 saturated heterocycles. The first-order valence-corrected chi connectivity index (χ1v) is 7.23. The molecule has 2 fully saturated rings. The summed E-state index contributed by atoms with van der Waals surface area (Å²) in [5, 5.41) is 0. The van der Waals surface area contributed by atoms with E-state index < -0.39 is 89.5 Å². The Kier molecular flexibility index (Phi) is 4.38. The summed E-state index contributed by atoms with van der Waals surface area (Å²) in [6.07, 6.45) is -2.71. The van der Waals surface area contributed by atoms with Gasteiger partial charge < -0.3 is 18.6 Å². The van der Waals surface area contributed by atoms with Gasteiger partial charge >= 0.3 is 20.4 Å². The van der Waals surface area contributed by atoms with Gasteiger partial charge in [-0.25, -0.2) is 43.9 Å². The Hall–Kier alpha value is -2.29. The molecule has 0 aromatic heterocycles. The lowest BCUT2D eigenvalue weighted by Crippen LogP contribution is -2.77. The molecule has 2 aliphatic rings. The van der Waals surface area contributed by atoms with Gasteiger partial charge in [0.2, 0.25) is 0 Å². The van der Waals surface area contributed by atoms with Crippen LogP contribution < -0.4 is 10.9 Å². The van der Waals surface area contributed by atoms with Gasteiger partial charge in [0, 0.05) is 0 Å². The first kappa shape index (κ1) is 20.0. The van der Waals surface area contributed by atoms with E-state index in [4.69, 9.17) is 0 Å². The molecule has 2 aromatic rings. The van der Waals surface area contributed by atoms with Crippen LogP contribution in [0.5, 0.6) is 0 Å². The molecular weight excluding hydrogens is 432 g/mol. The lowest BCUT2D eigenvalue weighted by Gasteiger charge is -2.52. The second-order valence-corrected chi connectivity index (χ2v) is 5.60. The Morgan fingerprint density at radius 3 is 0.828 bits per heavy atom. The summed E-state index contributed by atoms with van der Waals surface area (Å²) >= 11 is 0. The largest absolute Gasteiger partial charge is 0.511 e. The van der Waals surface area contributed by atoms with Crippen LogP contribution in [0.4, 0.5) is 43.9 Å². The molecule has 0 aliphatic carbocycles. The zero-order valence-electron chi connectivity index (χ0n) is 13.1. The predicted molar refractivity (Wildman–Crippen MR) is 70.3 cm³/mol. The molecule has 0 bridgehead atoms. The summed E-state index contributed by atoms with van der Waals surface area (Å²) in [6, 6.07) is 0. The van der Waals surface area contributed by atoms with Gasteiger partial charge in [-0.05, 0) is 0 Å². The third-order valence-electron chi connectivity index (χ3n) is 3.96. The van der Waals surface area contributed by atoms with Crippen molar-refractivity contribution >= 4 is 25.2 Å². The summed E-state index contributed by atoms with van der Waals surface area (Å²) in [7, 11) is -4.51. The van der Waals surface area contributed by atoms with E-state index in [-0.39, 0.29) is 0 Å². The summed E-state index contributed by atoms with van der Waals surface area (Å²) in [6.45, 7) is 0. The van der Waals surface area contributed by atoms with Gasteiger partial charge in [0.25, 0.3) is 0 Å². The van der Waals surface area contributed by atoms with Crippen LogP contribution >= 0.6 is 0 Å². The molecule has 0 saturated carbocycles. The van der Waals surface area contributed by atoms with Gasteiger partial charge in [-0.3, -0.25) is 0 Å². The van der Waals surface area contributed by atoms with Crippen LogP contribution in [-0.4, -0.2) is 20.4 Å². The minimum atomic E-state index is -2.71. The van der Waals surface area contributed by atoms with Crippen molar-refractivity contribution < 1.29 is 62.5 Å². The molecule has 0 N–H and O–H groups in total. The van der Waals surface area contributed by atoms with Crippen LogP contribution in [0.25, 0.3) is 0 Å². The molecule has 1 spiro atoms. The summed E-state index contributed by atoms with van der Waals surface area (Å²) in [4.78, 5) is 0. The Morgan fingerprint density at radius 1 is 0.379 bits per heavy atom. The van der Waals surface area contributed by atoms with Crippen molar-refractivity contribution in [3.8, 4) is 0 Å². The van der Waals surface area contributed by atoms with Gasteiger partial charge in [0.1, 0.15) is 0 Å². The van der Waals surface area contributed by atoms with E-state index in [9.17, 15) is 43.9 Å². The van der Waals surface area contributed by atoms with Crippen LogP contribution in [0.2, 0.25) is 0 Å². The highest BCUT2D eigenvalue weighted by Gasteiger charge is 2.67. The van der Waals surface area contributed by atoms with E-state index in [2.05, 4.69) is 18.6 Å².